The number of nitrogens with one attached hydrogen (secondary N) is 3. The van der Waals surface area contributed by atoms with Gasteiger partial charge in [0.1, 0.15) is 0 Å². The van der Waals surface area contributed by atoms with Crippen molar-refractivity contribution >= 4 is 23.3 Å². The Labute approximate surface area is 144 Å². The lowest BCUT2D eigenvalue weighted by Crippen LogP contribution is -2.48. The molecule has 3 N–H and O–H groups in total. The molecule has 1 aliphatic heterocycles. The fourth-order valence-corrected chi connectivity index (χ4v) is 2.94. The summed E-state index contributed by atoms with van der Waals surface area (Å²) in [6, 6.07) is 7.20. The molecular formula is C18H28N4O2. The third-order valence-electron chi connectivity index (χ3n) is 4.17. The largest absolute Gasteiger partial charge is 0.334 e. The second kappa shape index (κ2) is 9.27. The summed E-state index contributed by atoms with van der Waals surface area (Å²) >= 11 is 0. The molecule has 0 aromatic heterocycles. The monoisotopic (exact) mass is 332 g/mol. The average molecular weight is 332 g/mol. The maximum Gasteiger partial charge on any atom is 0.319 e. The van der Waals surface area contributed by atoms with Gasteiger partial charge in [-0.05, 0) is 50.6 Å². The molecule has 0 saturated carbocycles. The minimum Gasteiger partial charge on any atom is -0.334 e. The van der Waals surface area contributed by atoms with Crippen molar-refractivity contribution in [3.8, 4) is 0 Å². The summed E-state index contributed by atoms with van der Waals surface area (Å²) in [6.07, 6.45) is 3.42. The van der Waals surface area contributed by atoms with Gasteiger partial charge in [0.2, 0.25) is 5.91 Å². The van der Waals surface area contributed by atoms with Crippen molar-refractivity contribution in [2.24, 2.45) is 0 Å². The zero-order chi connectivity index (χ0) is 17.4. The van der Waals surface area contributed by atoms with E-state index in [1.165, 1.54) is 0 Å². The van der Waals surface area contributed by atoms with Crippen molar-refractivity contribution < 1.29 is 9.59 Å². The van der Waals surface area contributed by atoms with E-state index in [-0.39, 0.29) is 18.0 Å². The molecule has 0 spiro atoms. The molecule has 1 aromatic carbocycles. The van der Waals surface area contributed by atoms with Gasteiger partial charge in [-0.15, -0.1) is 0 Å². The topological polar surface area (TPSA) is 73.5 Å². The quantitative estimate of drug-likeness (QED) is 0.750. The molecule has 132 valence electrons. The minimum absolute atomic E-state index is 0.0130. The number of amides is 3. The van der Waals surface area contributed by atoms with Gasteiger partial charge < -0.3 is 20.9 Å². The molecule has 1 saturated heterocycles. The van der Waals surface area contributed by atoms with E-state index in [9.17, 15) is 9.59 Å². The van der Waals surface area contributed by atoms with Crippen LogP contribution in [0.25, 0.3) is 0 Å². The van der Waals surface area contributed by atoms with E-state index in [1.54, 1.807) is 6.07 Å². The molecule has 1 heterocycles. The van der Waals surface area contributed by atoms with Crippen molar-refractivity contribution in [3.63, 3.8) is 0 Å². The van der Waals surface area contributed by atoms with Crippen LogP contribution in [0.1, 0.15) is 39.5 Å². The number of hydrogen-bond acceptors (Lipinski definition) is 3. The number of anilines is 2. The highest BCUT2D eigenvalue weighted by Crippen LogP contribution is 2.16. The predicted octanol–water partition coefficient (Wildman–Crippen LogP) is 3.03. The van der Waals surface area contributed by atoms with E-state index in [4.69, 9.17) is 0 Å². The van der Waals surface area contributed by atoms with E-state index in [2.05, 4.69) is 27.8 Å². The molecule has 0 aliphatic carbocycles. The zero-order valence-corrected chi connectivity index (χ0v) is 14.6. The molecule has 1 aromatic rings. The molecule has 24 heavy (non-hydrogen) atoms. The van der Waals surface area contributed by atoms with Gasteiger partial charge in [-0.3, -0.25) is 4.79 Å². The fourth-order valence-electron chi connectivity index (χ4n) is 2.94. The Morgan fingerprint density at radius 3 is 2.67 bits per heavy atom. The SMILES string of the molecule is CCCC(=O)Nc1cccc(NC(=O)N[C@H]2CCCN(CC)C2)c1. The Balaban J connectivity index is 1.86. The number of likely N-dealkylation sites (tertiary alicyclic amines) is 1. The van der Waals surface area contributed by atoms with Crippen molar-refractivity contribution in [1.82, 2.24) is 10.2 Å². The van der Waals surface area contributed by atoms with Gasteiger partial charge in [-0.25, -0.2) is 4.79 Å². The maximum atomic E-state index is 12.2. The van der Waals surface area contributed by atoms with Crippen LogP contribution >= 0.6 is 0 Å². The molecule has 0 bridgehead atoms. The first-order valence-corrected chi connectivity index (χ1v) is 8.80. The van der Waals surface area contributed by atoms with Gasteiger partial charge in [0.15, 0.2) is 0 Å². The first kappa shape index (κ1) is 18.3. The van der Waals surface area contributed by atoms with Gasteiger partial charge in [-0.2, -0.15) is 0 Å². The number of urea groups is 1. The summed E-state index contributed by atoms with van der Waals surface area (Å²) in [4.78, 5) is 26.2. The van der Waals surface area contributed by atoms with E-state index >= 15 is 0 Å². The van der Waals surface area contributed by atoms with Crippen LogP contribution in [-0.4, -0.2) is 42.5 Å². The number of likely N-dealkylation sites (N-methyl/N-ethyl adjacent to an activating group) is 1. The standard InChI is InChI=1S/C18H28N4O2/c1-3-7-17(23)19-14-8-5-9-15(12-14)20-18(24)21-16-10-6-11-22(4-2)13-16/h5,8-9,12,16H,3-4,6-7,10-11,13H2,1-2H3,(H,19,23)(H2,20,21,24)/t16-/m0/s1. The zero-order valence-electron chi connectivity index (χ0n) is 14.6. The molecule has 1 atom stereocenters. The first-order valence-electron chi connectivity index (χ1n) is 8.80. The number of benzene rings is 1. The van der Waals surface area contributed by atoms with Gasteiger partial charge in [0.05, 0.1) is 0 Å². The second-order valence-corrected chi connectivity index (χ2v) is 6.21. The summed E-state index contributed by atoms with van der Waals surface area (Å²) in [5.74, 6) is -0.0130. The Morgan fingerprint density at radius 1 is 1.21 bits per heavy atom. The fraction of sp³-hybridized carbons (Fsp3) is 0.556. The maximum absolute atomic E-state index is 12.2. The number of carbonyl (C=O) groups is 2. The molecule has 2 rings (SSSR count). The minimum atomic E-state index is -0.199. The first-order chi connectivity index (χ1) is 11.6. The van der Waals surface area contributed by atoms with Crippen molar-refractivity contribution in [2.45, 2.75) is 45.6 Å². The van der Waals surface area contributed by atoms with Crippen LogP contribution in [0.15, 0.2) is 24.3 Å². The number of carbonyl (C=O) groups excluding carboxylic acids is 2. The summed E-state index contributed by atoms with van der Waals surface area (Å²) in [7, 11) is 0. The molecule has 1 aliphatic rings. The Bertz CT molecular complexity index is 562. The van der Waals surface area contributed by atoms with Gasteiger partial charge >= 0.3 is 6.03 Å². The third kappa shape index (κ3) is 5.85. The molecule has 6 heteroatoms. The molecule has 3 amide bonds. The van der Waals surface area contributed by atoms with Gasteiger partial charge in [-0.1, -0.05) is 19.9 Å². The van der Waals surface area contributed by atoms with Crippen LogP contribution < -0.4 is 16.0 Å². The number of rotatable bonds is 6. The lowest BCUT2D eigenvalue weighted by Gasteiger charge is -2.32. The number of hydrogen-bond donors (Lipinski definition) is 3. The van der Waals surface area contributed by atoms with Crippen molar-refractivity contribution in [1.29, 1.82) is 0 Å². The second-order valence-electron chi connectivity index (χ2n) is 6.21. The van der Waals surface area contributed by atoms with Crippen LogP contribution in [0.4, 0.5) is 16.2 Å². The normalized spacial score (nSPS) is 18.0. The highest BCUT2D eigenvalue weighted by atomic mass is 16.2. The lowest BCUT2D eigenvalue weighted by molar-refractivity contribution is -0.116. The van der Waals surface area contributed by atoms with Gasteiger partial charge in [0.25, 0.3) is 0 Å². The average Bonchev–Trinajstić information content (AvgIpc) is 2.55. The summed E-state index contributed by atoms with van der Waals surface area (Å²) in [5, 5.41) is 8.71. The molecule has 6 nitrogen and oxygen atoms in total. The summed E-state index contributed by atoms with van der Waals surface area (Å²) in [6.45, 7) is 7.12. The smallest absolute Gasteiger partial charge is 0.319 e. The third-order valence-corrected chi connectivity index (χ3v) is 4.17. The molecule has 0 unspecified atom stereocenters. The van der Waals surface area contributed by atoms with Gasteiger partial charge in [0, 0.05) is 30.4 Å². The van der Waals surface area contributed by atoms with Crippen molar-refractivity contribution in [3.05, 3.63) is 24.3 Å². The van der Waals surface area contributed by atoms with Crippen LogP contribution in [-0.2, 0) is 4.79 Å². The Kier molecular flexibility index (Phi) is 7.06. The van der Waals surface area contributed by atoms with Crippen LogP contribution in [0.2, 0.25) is 0 Å². The molecule has 0 radical (unpaired) electrons. The summed E-state index contributed by atoms with van der Waals surface area (Å²) in [5.41, 5.74) is 1.37. The Morgan fingerprint density at radius 2 is 1.96 bits per heavy atom. The number of nitrogens with zero attached hydrogens (tertiary/aromatic N) is 1. The molecule has 1 fully saturated rings. The predicted molar refractivity (Wildman–Crippen MR) is 97.3 cm³/mol. The summed E-state index contributed by atoms with van der Waals surface area (Å²) < 4.78 is 0. The number of piperidine rings is 1. The van der Waals surface area contributed by atoms with Crippen LogP contribution in [0.5, 0.6) is 0 Å². The highest BCUT2D eigenvalue weighted by Gasteiger charge is 2.20. The van der Waals surface area contributed by atoms with Crippen LogP contribution in [0.3, 0.4) is 0 Å². The molecular weight excluding hydrogens is 304 g/mol. The highest BCUT2D eigenvalue weighted by molar-refractivity contribution is 5.93. The van der Waals surface area contributed by atoms with E-state index in [0.717, 1.165) is 38.9 Å². The lowest BCUT2D eigenvalue weighted by atomic mass is 10.1. The van der Waals surface area contributed by atoms with Crippen LogP contribution in [0, 0.1) is 0 Å². The van der Waals surface area contributed by atoms with Crippen molar-refractivity contribution in [2.75, 3.05) is 30.3 Å². The van der Waals surface area contributed by atoms with E-state index in [1.807, 2.05) is 25.1 Å². The Hall–Kier alpha value is -2.08. The van der Waals surface area contributed by atoms with E-state index in [0.29, 0.717) is 17.8 Å². The van der Waals surface area contributed by atoms with E-state index < -0.39 is 0 Å².